The zero-order chi connectivity index (χ0) is 17.9. The summed E-state index contributed by atoms with van der Waals surface area (Å²) in [6.07, 6.45) is 0.767. The van der Waals surface area contributed by atoms with Crippen LogP contribution in [0.4, 0.5) is 5.88 Å². The molecule has 0 saturated carbocycles. The van der Waals surface area contributed by atoms with Crippen LogP contribution in [0.15, 0.2) is 76.0 Å². The van der Waals surface area contributed by atoms with Gasteiger partial charge in [-0.2, -0.15) is 0 Å². The zero-order valence-corrected chi connectivity index (χ0v) is 14.7. The average Bonchev–Trinajstić information content (AvgIpc) is 3.10. The number of rotatable bonds is 6. The molecule has 0 aliphatic carbocycles. The van der Waals surface area contributed by atoms with Crippen LogP contribution < -0.4 is 10.0 Å². The number of primary sulfonamides is 1. The maximum absolute atomic E-state index is 11.3. The third-order valence-corrected chi connectivity index (χ3v) is 4.94. The second-order valence-corrected chi connectivity index (χ2v) is 7.43. The Kier molecular flexibility index (Phi) is 4.92. The lowest BCUT2D eigenvalue weighted by Gasteiger charge is -2.16. The number of furan rings is 1. The molecule has 2 aromatic carbocycles. The van der Waals surface area contributed by atoms with Gasteiger partial charge in [-0.3, -0.25) is 0 Å². The topological polar surface area (TPSA) is 76.5 Å². The van der Waals surface area contributed by atoms with Crippen molar-refractivity contribution in [2.24, 2.45) is 5.14 Å². The molecule has 2 N–H and O–H groups in total. The fraction of sp³-hybridized carbons (Fsp3) is 0.158. The second-order valence-electron chi connectivity index (χ2n) is 5.86. The molecule has 0 radical (unpaired) electrons. The van der Waals surface area contributed by atoms with Crippen LogP contribution in [0.2, 0.25) is 0 Å². The summed E-state index contributed by atoms with van der Waals surface area (Å²) in [4.78, 5) is 2.16. The fourth-order valence-electron chi connectivity index (χ4n) is 2.54. The predicted molar refractivity (Wildman–Crippen MR) is 98.9 cm³/mol. The quantitative estimate of drug-likeness (QED) is 0.735. The number of nitrogens with two attached hydrogens (primary N) is 1. The van der Waals surface area contributed by atoms with Gasteiger partial charge in [0, 0.05) is 25.2 Å². The van der Waals surface area contributed by atoms with Gasteiger partial charge in [0.15, 0.2) is 5.88 Å². The Balaban J connectivity index is 1.63. The summed E-state index contributed by atoms with van der Waals surface area (Å²) in [5.41, 5.74) is 2.08. The summed E-state index contributed by atoms with van der Waals surface area (Å²) in [5.74, 6) is 1.62. The summed E-state index contributed by atoms with van der Waals surface area (Å²) in [7, 11) is -1.68. The molecule has 130 valence electrons. The number of sulfonamides is 1. The van der Waals surface area contributed by atoms with Gasteiger partial charge in [0.05, 0.1) is 4.90 Å². The molecular weight excluding hydrogens is 336 g/mol. The number of anilines is 1. The van der Waals surface area contributed by atoms with Crippen molar-refractivity contribution in [2.45, 2.75) is 11.3 Å². The molecule has 3 rings (SSSR count). The maximum atomic E-state index is 11.3. The van der Waals surface area contributed by atoms with E-state index in [2.05, 4.69) is 0 Å². The minimum atomic E-state index is -3.64. The van der Waals surface area contributed by atoms with Crippen LogP contribution in [-0.4, -0.2) is 22.0 Å². The SMILES string of the molecule is CN(CCc1ccc(S(N)(=O)=O)cc1)c1ccc(-c2ccccc2)o1. The highest BCUT2D eigenvalue weighted by molar-refractivity contribution is 7.89. The van der Waals surface area contributed by atoms with Crippen molar-refractivity contribution in [2.75, 3.05) is 18.5 Å². The van der Waals surface area contributed by atoms with E-state index in [1.807, 2.05) is 54.4 Å². The van der Waals surface area contributed by atoms with Gasteiger partial charge in [-0.15, -0.1) is 0 Å². The summed E-state index contributed by atoms with van der Waals surface area (Å²) < 4.78 is 28.5. The van der Waals surface area contributed by atoms with Gasteiger partial charge in [0.25, 0.3) is 0 Å². The predicted octanol–water partition coefficient (Wildman–Crippen LogP) is 3.27. The van der Waals surface area contributed by atoms with Crippen molar-refractivity contribution in [3.63, 3.8) is 0 Å². The van der Waals surface area contributed by atoms with E-state index >= 15 is 0 Å². The first kappa shape index (κ1) is 17.3. The number of nitrogens with zero attached hydrogens (tertiary/aromatic N) is 1. The van der Waals surface area contributed by atoms with Gasteiger partial charge >= 0.3 is 0 Å². The summed E-state index contributed by atoms with van der Waals surface area (Å²) in [5, 5.41) is 5.11. The first-order valence-corrected chi connectivity index (χ1v) is 9.46. The van der Waals surface area contributed by atoms with Crippen molar-refractivity contribution < 1.29 is 12.8 Å². The van der Waals surface area contributed by atoms with E-state index in [0.29, 0.717) is 0 Å². The number of benzene rings is 2. The fourth-order valence-corrected chi connectivity index (χ4v) is 3.06. The Morgan fingerprint density at radius 3 is 2.28 bits per heavy atom. The first-order valence-electron chi connectivity index (χ1n) is 7.91. The standard InChI is InChI=1S/C19H20N2O3S/c1-21(14-13-15-7-9-17(10-8-15)25(20,22)23)19-12-11-18(24-19)16-5-3-2-4-6-16/h2-12H,13-14H2,1H3,(H2,20,22,23). The molecule has 0 unspecified atom stereocenters. The highest BCUT2D eigenvalue weighted by Crippen LogP contribution is 2.26. The molecule has 0 spiro atoms. The molecule has 3 aromatic rings. The molecule has 5 nitrogen and oxygen atoms in total. The van der Waals surface area contributed by atoms with E-state index < -0.39 is 10.0 Å². The Morgan fingerprint density at radius 1 is 0.960 bits per heavy atom. The smallest absolute Gasteiger partial charge is 0.238 e. The van der Waals surface area contributed by atoms with Crippen LogP contribution in [0.3, 0.4) is 0 Å². The van der Waals surface area contributed by atoms with Crippen molar-refractivity contribution in [3.8, 4) is 11.3 Å². The highest BCUT2D eigenvalue weighted by atomic mass is 32.2. The third kappa shape index (κ3) is 4.29. The van der Waals surface area contributed by atoms with Crippen molar-refractivity contribution in [1.29, 1.82) is 0 Å². The minimum absolute atomic E-state index is 0.128. The number of hydrogen-bond donors (Lipinski definition) is 1. The zero-order valence-electron chi connectivity index (χ0n) is 13.9. The lowest BCUT2D eigenvalue weighted by molar-refractivity contribution is 0.568. The molecule has 0 saturated heterocycles. The van der Waals surface area contributed by atoms with Crippen LogP contribution in [0, 0.1) is 0 Å². The van der Waals surface area contributed by atoms with Gasteiger partial charge in [-0.1, -0.05) is 42.5 Å². The third-order valence-electron chi connectivity index (χ3n) is 4.01. The van der Waals surface area contributed by atoms with Crippen LogP contribution in [-0.2, 0) is 16.4 Å². The summed E-state index contributed by atoms with van der Waals surface area (Å²) in [6.45, 7) is 0.746. The second kappa shape index (κ2) is 7.13. The highest BCUT2D eigenvalue weighted by Gasteiger charge is 2.10. The normalized spacial score (nSPS) is 11.4. The van der Waals surface area contributed by atoms with E-state index in [0.717, 1.165) is 35.7 Å². The van der Waals surface area contributed by atoms with Crippen molar-refractivity contribution in [1.82, 2.24) is 0 Å². The Labute approximate surface area is 147 Å². The van der Waals surface area contributed by atoms with Gasteiger partial charge in [-0.25, -0.2) is 13.6 Å². The Hall–Kier alpha value is -2.57. The molecule has 6 heteroatoms. The van der Waals surface area contributed by atoms with Crippen molar-refractivity contribution >= 4 is 15.9 Å². The van der Waals surface area contributed by atoms with E-state index in [-0.39, 0.29) is 4.90 Å². The van der Waals surface area contributed by atoms with Crippen LogP contribution in [0.25, 0.3) is 11.3 Å². The molecule has 0 amide bonds. The molecule has 0 atom stereocenters. The number of likely N-dealkylation sites (N-methyl/N-ethyl adjacent to an activating group) is 1. The average molecular weight is 356 g/mol. The van der Waals surface area contributed by atoms with Gasteiger partial charge < -0.3 is 9.32 Å². The molecule has 0 aliphatic rings. The monoisotopic (exact) mass is 356 g/mol. The molecule has 25 heavy (non-hydrogen) atoms. The van der Waals surface area contributed by atoms with Crippen LogP contribution in [0.1, 0.15) is 5.56 Å². The van der Waals surface area contributed by atoms with Gasteiger partial charge in [0.1, 0.15) is 5.76 Å². The van der Waals surface area contributed by atoms with Crippen LogP contribution >= 0.6 is 0 Å². The van der Waals surface area contributed by atoms with Crippen LogP contribution in [0.5, 0.6) is 0 Å². The first-order chi connectivity index (χ1) is 11.9. The molecule has 1 aromatic heterocycles. The van der Waals surface area contributed by atoms with E-state index in [1.165, 1.54) is 12.1 Å². The van der Waals surface area contributed by atoms with Gasteiger partial charge in [0.2, 0.25) is 10.0 Å². The lowest BCUT2D eigenvalue weighted by atomic mass is 10.1. The van der Waals surface area contributed by atoms with E-state index in [9.17, 15) is 8.42 Å². The summed E-state index contributed by atoms with van der Waals surface area (Å²) in [6, 6.07) is 20.5. The lowest BCUT2D eigenvalue weighted by Crippen LogP contribution is -2.19. The largest absolute Gasteiger partial charge is 0.441 e. The molecule has 0 fully saturated rings. The maximum Gasteiger partial charge on any atom is 0.238 e. The molecular formula is C19H20N2O3S. The Morgan fingerprint density at radius 2 is 1.64 bits per heavy atom. The summed E-state index contributed by atoms with van der Waals surface area (Å²) >= 11 is 0. The van der Waals surface area contributed by atoms with Gasteiger partial charge in [-0.05, 0) is 30.2 Å². The Bertz CT molecular complexity index is 932. The number of hydrogen-bond acceptors (Lipinski definition) is 4. The minimum Gasteiger partial charge on any atom is -0.441 e. The molecule has 1 heterocycles. The molecule has 0 aliphatic heterocycles. The van der Waals surface area contributed by atoms with E-state index in [4.69, 9.17) is 9.56 Å². The molecule has 0 bridgehead atoms. The van der Waals surface area contributed by atoms with Crippen molar-refractivity contribution in [3.05, 3.63) is 72.3 Å². The van der Waals surface area contributed by atoms with E-state index in [1.54, 1.807) is 12.1 Å².